The number of thioether (sulfide) groups is 1. The number of fused-ring (bicyclic) bond motifs is 2. The molecule has 6 heterocycles. The lowest BCUT2D eigenvalue weighted by atomic mass is 10.1. The summed E-state index contributed by atoms with van der Waals surface area (Å²) in [4.78, 5) is 28.1. The fourth-order valence-electron chi connectivity index (χ4n) is 6.66. The van der Waals surface area contributed by atoms with E-state index >= 15 is 0 Å². The molecule has 0 amide bonds. The topological polar surface area (TPSA) is 56.6 Å². The van der Waals surface area contributed by atoms with E-state index in [9.17, 15) is 4.79 Å². The summed E-state index contributed by atoms with van der Waals surface area (Å²) in [5.41, 5.74) is 1.83. The molecule has 2 bridgehead atoms. The first-order chi connectivity index (χ1) is 18.5. The van der Waals surface area contributed by atoms with Gasteiger partial charge in [0.05, 0.1) is 21.6 Å². The third kappa shape index (κ3) is 4.48. The molecule has 0 saturated carbocycles. The van der Waals surface area contributed by atoms with Gasteiger partial charge in [0.2, 0.25) is 0 Å². The van der Waals surface area contributed by atoms with Crippen molar-refractivity contribution in [2.75, 3.05) is 63.0 Å². The maximum Gasteiger partial charge on any atom is 0.350 e. The van der Waals surface area contributed by atoms with E-state index in [1.54, 1.807) is 11.3 Å². The molecule has 1 N–H and O–H groups in total. The summed E-state index contributed by atoms with van der Waals surface area (Å²) >= 11 is 16.8. The van der Waals surface area contributed by atoms with Crippen LogP contribution in [0.1, 0.15) is 25.8 Å². The van der Waals surface area contributed by atoms with Crippen molar-refractivity contribution in [3.63, 3.8) is 0 Å². The molecule has 2 unspecified atom stereocenters. The summed E-state index contributed by atoms with van der Waals surface area (Å²) in [7, 11) is 0. The summed E-state index contributed by atoms with van der Waals surface area (Å²) < 4.78 is 1.99. The number of rotatable bonds is 5. The van der Waals surface area contributed by atoms with Gasteiger partial charge in [0.25, 0.3) is 0 Å². The van der Waals surface area contributed by atoms with Gasteiger partial charge in [0.15, 0.2) is 0 Å². The quantitative estimate of drug-likeness (QED) is 0.464. The molecule has 0 radical (unpaired) electrons. The normalized spacial score (nSPS) is 26.0. The van der Waals surface area contributed by atoms with Crippen LogP contribution in [0.5, 0.6) is 0 Å². The molecule has 3 saturated heterocycles. The predicted molar refractivity (Wildman–Crippen MR) is 160 cm³/mol. The Kier molecular flexibility index (Phi) is 6.91. The average molecular weight is 592 g/mol. The van der Waals surface area contributed by atoms with E-state index in [-0.39, 0.29) is 11.7 Å². The molecule has 4 aliphatic heterocycles. The highest BCUT2D eigenvalue weighted by Crippen LogP contribution is 2.49. The van der Waals surface area contributed by atoms with Gasteiger partial charge in [-0.3, -0.25) is 9.47 Å². The summed E-state index contributed by atoms with van der Waals surface area (Å²) in [6.45, 7) is 10.2. The second-order valence-corrected chi connectivity index (χ2v) is 13.7. The van der Waals surface area contributed by atoms with Crippen LogP contribution in [0, 0.1) is 0 Å². The van der Waals surface area contributed by atoms with Gasteiger partial charge in [-0.15, -0.1) is 23.1 Å². The number of hydrogen-bond acceptors (Lipinski definition) is 8. The van der Waals surface area contributed by atoms with Crippen molar-refractivity contribution in [1.29, 1.82) is 0 Å². The van der Waals surface area contributed by atoms with Crippen molar-refractivity contribution in [1.82, 2.24) is 24.7 Å². The number of halogens is 2. The first kappa shape index (κ1) is 25.6. The number of hydrogen-bond donors (Lipinski definition) is 1. The average Bonchev–Trinajstić information content (AvgIpc) is 3.50. The molecule has 3 fully saturated rings. The Morgan fingerprint density at radius 3 is 2.50 bits per heavy atom. The maximum atomic E-state index is 13.9. The predicted octanol–water partition coefficient (Wildman–Crippen LogP) is 4.66. The first-order valence-corrected chi connectivity index (χ1v) is 16.2. The molecule has 11 heteroatoms. The van der Waals surface area contributed by atoms with Crippen molar-refractivity contribution in [3.8, 4) is 10.4 Å². The Morgan fingerprint density at radius 1 is 1.08 bits per heavy atom. The van der Waals surface area contributed by atoms with Gasteiger partial charge in [-0.25, -0.2) is 4.79 Å². The Bertz CT molecular complexity index is 1420. The van der Waals surface area contributed by atoms with Crippen LogP contribution in [0.25, 0.3) is 21.3 Å². The molecule has 38 heavy (non-hydrogen) atoms. The lowest BCUT2D eigenvalue weighted by Crippen LogP contribution is -2.52. The molecule has 0 spiro atoms. The summed E-state index contributed by atoms with van der Waals surface area (Å²) in [5, 5.41) is 8.04. The van der Waals surface area contributed by atoms with Gasteiger partial charge in [-0.05, 0) is 31.5 Å². The smallest absolute Gasteiger partial charge is 0.350 e. The summed E-state index contributed by atoms with van der Waals surface area (Å²) in [5.74, 6) is 1.61. The molecule has 0 aliphatic carbocycles. The highest BCUT2D eigenvalue weighted by atomic mass is 35.5. The molecule has 4 aliphatic rings. The number of nitrogens with one attached hydrogen (secondary N) is 1. The van der Waals surface area contributed by atoms with Crippen LogP contribution < -0.4 is 15.9 Å². The Labute approximate surface area is 241 Å². The number of thiophene rings is 1. The summed E-state index contributed by atoms with van der Waals surface area (Å²) in [6, 6.07) is 5.00. The lowest BCUT2D eigenvalue weighted by Gasteiger charge is -2.38. The molecule has 1 aromatic carbocycles. The van der Waals surface area contributed by atoms with Crippen LogP contribution >= 0.6 is 46.3 Å². The van der Waals surface area contributed by atoms with E-state index in [2.05, 4.69) is 33.0 Å². The molecule has 2 aromatic heterocycles. The van der Waals surface area contributed by atoms with Gasteiger partial charge in [-0.2, -0.15) is 4.98 Å². The summed E-state index contributed by atoms with van der Waals surface area (Å²) in [6.07, 6.45) is 2.35. The van der Waals surface area contributed by atoms with E-state index in [0.29, 0.717) is 22.1 Å². The molecule has 202 valence electrons. The first-order valence-electron chi connectivity index (χ1n) is 13.6. The Morgan fingerprint density at radius 2 is 1.82 bits per heavy atom. The fourth-order valence-corrected chi connectivity index (χ4v) is 9.61. The van der Waals surface area contributed by atoms with Crippen molar-refractivity contribution in [2.24, 2.45) is 0 Å². The third-order valence-electron chi connectivity index (χ3n) is 8.59. The third-order valence-corrected chi connectivity index (χ3v) is 11.4. The van der Waals surface area contributed by atoms with Crippen molar-refractivity contribution in [3.05, 3.63) is 38.0 Å². The Balaban J connectivity index is 1.36. The van der Waals surface area contributed by atoms with Crippen LogP contribution in [0.3, 0.4) is 0 Å². The van der Waals surface area contributed by atoms with Crippen LogP contribution in [0.4, 0.5) is 5.82 Å². The standard InChI is InChI=1S/C27H32Cl2N6OS2/c1-2-32-5-7-33(8-6-32)13-19-15-38-25-23(22-9-16(28)14-37-22)21(29)10-20-24(25)35(19)27(36)31-26(20)34-11-17-3-4-18(12-34)30-17/h9-10,14,17-19,30H,2-8,11-13,15H2,1H3/t17?,18?,19-/m0/s1. The van der Waals surface area contributed by atoms with Crippen molar-refractivity contribution < 1.29 is 0 Å². The molecular formula is C27H32Cl2N6OS2. The van der Waals surface area contributed by atoms with Crippen LogP contribution in [0.2, 0.25) is 10.0 Å². The second kappa shape index (κ2) is 10.3. The van der Waals surface area contributed by atoms with Gasteiger partial charge < -0.3 is 15.1 Å². The van der Waals surface area contributed by atoms with Crippen LogP contribution in [0.15, 0.2) is 27.2 Å². The largest absolute Gasteiger partial charge is 0.353 e. The second-order valence-electron chi connectivity index (χ2n) is 10.9. The van der Waals surface area contributed by atoms with E-state index in [0.717, 1.165) is 90.2 Å². The van der Waals surface area contributed by atoms with Gasteiger partial charge in [0.1, 0.15) is 5.82 Å². The molecule has 3 atom stereocenters. The van der Waals surface area contributed by atoms with Crippen molar-refractivity contribution in [2.45, 2.75) is 42.8 Å². The minimum absolute atomic E-state index is 0.0670. The highest BCUT2D eigenvalue weighted by Gasteiger charge is 2.36. The number of aromatic nitrogens is 2. The van der Waals surface area contributed by atoms with Crippen LogP contribution in [-0.4, -0.2) is 89.5 Å². The number of likely N-dealkylation sites (N-methyl/N-ethyl adjacent to an activating group) is 1. The SMILES string of the molecule is CCN1CCN(C[C@H]2CSc3c(-c4cc(Cl)cs4)c(Cl)cc4c(N5CC6CCC(C5)N6)nc(=O)n2c34)CC1. The van der Waals surface area contributed by atoms with E-state index in [1.165, 1.54) is 12.8 Å². The molecule has 7 nitrogen and oxygen atoms in total. The van der Waals surface area contributed by atoms with E-state index in [4.69, 9.17) is 28.2 Å². The number of anilines is 1. The zero-order chi connectivity index (χ0) is 26.0. The zero-order valence-electron chi connectivity index (χ0n) is 21.5. The number of benzene rings is 1. The van der Waals surface area contributed by atoms with Gasteiger partial charge >= 0.3 is 5.69 Å². The molecule has 7 rings (SSSR count). The zero-order valence-corrected chi connectivity index (χ0v) is 24.6. The van der Waals surface area contributed by atoms with E-state index < -0.39 is 0 Å². The molecular weight excluding hydrogens is 559 g/mol. The maximum absolute atomic E-state index is 13.9. The number of nitrogens with zero attached hydrogens (tertiary/aromatic N) is 5. The lowest BCUT2D eigenvalue weighted by molar-refractivity contribution is 0.126. The van der Waals surface area contributed by atoms with Gasteiger partial charge in [0, 0.05) is 89.8 Å². The highest BCUT2D eigenvalue weighted by molar-refractivity contribution is 7.99. The monoisotopic (exact) mass is 590 g/mol. The molecule has 3 aromatic rings. The van der Waals surface area contributed by atoms with Crippen molar-refractivity contribution >= 4 is 63.0 Å². The van der Waals surface area contributed by atoms with E-state index in [1.807, 2.05) is 27.8 Å². The van der Waals surface area contributed by atoms with Gasteiger partial charge in [-0.1, -0.05) is 30.1 Å². The van der Waals surface area contributed by atoms with Crippen LogP contribution in [-0.2, 0) is 0 Å². The fraction of sp³-hybridized carbons (Fsp3) is 0.556. The Hall–Kier alpha value is -1.33. The number of piperazine rings is 2. The minimum Gasteiger partial charge on any atom is -0.353 e. The minimum atomic E-state index is -0.144.